The van der Waals surface area contributed by atoms with E-state index in [0.29, 0.717) is 19.3 Å². The van der Waals surface area contributed by atoms with Crippen LogP contribution in [0.2, 0.25) is 0 Å². The Hall–Kier alpha value is -1.41. The Morgan fingerprint density at radius 3 is 1.48 bits per heavy atom. The lowest BCUT2D eigenvalue weighted by molar-refractivity contribution is -0.303. The molecule has 60 heavy (non-hydrogen) atoms. The molecule has 11 nitrogen and oxygen atoms in total. The number of nitrogens with one attached hydrogen (secondary N) is 1. The van der Waals surface area contributed by atoms with Crippen LogP contribution in [-0.2, 0) is 14.3 Å². The minimum Gasteiger partial charge on any atom is -0.394 e. The van der Waals surface area contributed by atoms with Gasteiger partial charge in [0.05, 0.1) is 25.4 Å². The molecule has 1 amide bonds. The number of carbonyl (C=O) groups excluding carboxylic acids is 1. The lowest BCUT2D eigenvalue weighted by atomic mass is 9.98. The third-order valence-electron chi connectivity index (χ3n) is 12.0. The van der Waals surface area contributed by atoms with E-state index in [2.05, 4.69) is 43.5 Å². The maximum absolute atomic E-state index is 13.1. The van der Waals surface area contributed by atoms with Crippen LogP contribution >= 0.6 is 0 Å². The molecule has 1 fully saturated rings. The van der Waals surface area contributed by atoms with Gasteiger partial charge in [-0.1, -0.05) is 186 Å². The highest BCUT2D eigenvalue weighted by Gasteiger charge is 2.44. The molecule has 9 atom stereocenters. The van der Waals surface area contributed by atoms with Crippen molar-refractivity contribution in [3.8, 4) is 0 Å². The first kappa shape index (κ1) is 56.6. The fourth-order valence-corrected chi connectivity index (χ4v) is 7.87. The Kier molecular flexibility index (Phi) is 37.0. The van der Waals surface area contributed by atoms with Gasteiger partial charge < -0.3 is 50.5 Å². The number of unbranched alkanes of at least 4 members (excludes halogenated alkanes) is 25. The Labute approximate surface area is 365 Å². The molecule has 9 unspecified atom stereocenters. The first-order valence-electron chi connectivity index (χ1n) is 24.7. The van der Waals surface area contributed by atoms with Crippen molar-refractivity contribution in [1.29, 1.82) is 0 Å². The topological polar surface area (TPSA) is 189 Å². The molecule has 0 spiro atoms. The number of allylic oxidation sites excluding steroid dienone is 4. The molecular weight excluding hydrogens is 763 g/mol. The van der Waals surface area contributed by atoms with Gasteiger partial charge in [0.25, 0.3) is 0 Å². The Morgan fingerprint density at radius 1 is 0.567 bits per heavy atom. The molecule has 1 heterocycles. The standard InChI is InChI=1S/C49H93NO10/c1-3-5-7-9-11-13-15-16-17-18-19-20-21-22-23-24-25-27-28-30-32-34-36-41(52)44(54)40(39-59-49-47(57)46(56)45(55)43(38-51)60-49)50-48(58)42(53)37-35-33-31-29-26-14-12-10-8-6-4-2/h23-24,28,30,40-47,49,51-57H,3-22,25-27,29,31-39H2,1-2H3,(H,50,58)/b24-23+,30-28+. The first-order chi connectivity index (χ1) is 29.2. The molecule has 1 aliphatic heterocycles. The van der Waals surface area contributed by atoms with Gasteiger partial charge in [0.2, 0.25) is 5.91 Å². The summed E-state index contributed by atoms with van der Waals surface area (Å²) >= 11 is 0. The average Bonchev–Trinajstić information content (AvgIpc) is 3.25. The molecule has 1 saturated heterocycles. The predicted octanol–water partition coefficient (Wildman–Crippen LogP) is 8.62. The van der Waals surface area contributed by atoms with Crippen LogP contribution < -0.4 is 5.32 Å². The zero-order valence-corrected chi connectivity index (χ0v) is 38.2. The number of hydrogen-bond acceptors (Lipinski definition) is 10. The van der Waals surface area contributed by atoms with E-state index in [1.54, 1.807) is 0 Å². The van der Waals surface area contributed by atoms with Crippen molar-refractivity contribution in [3.05, 3.63) is 24.3 Å². The van der Waals surface area contributed by atoms with Crippen molar-refractivity contribution in [2.75, 3.05) is 13.2 Å². The fourth-order valence-electron chi connectivity index (χ4n) is 7.87. The summed E-state index contributed by atoms with van der Waals surface area (Å²) < 4.78 is 11.1. The summed E-state index contributed by atoms with van der Waals surface area (Å²) in [6.45, 7) is 3.41. The molecule has 0 bridgehead atoms. The van der Waals surface area contributed by atoms with Gasteiger partial charge in [-0.15, -0.1) is 0 Å². The van der Waals surface area contributed by atoms with Crippen LogP contribution in [0.3, 0.4) is 0 Å². The predicted molar refractivity (Wildman–Crippen MR) is 242 cm³/mol. The number of aliphatic hydroxyl groups excluding tert-OH is 7. The van der Waals surface area contributed by atoms with Crippen LogP contribution in [0.5, 0.6) is 0 Å². The number of amides is 1. The second kappa shape index (κ2) is 39.2. The molecule has 8 N–H and O–H groups in total. The summed E-state index contributed by atoms with van der Waals surface area (Å²) in [7, 11) is 0. The number of rotatable bonds is 41. The molecule has 0 radical (unpaired) electrons. The Balaban J connectivity index is 2.41. The lowest BCUT2D eigenvalue weighted by Crippen LogP contribution is -2.60. The van der Waals surface area contributed by atoms with E-state index in [4.69, 9.17) is 9.47 Å². The van der Waals surface area contributed by atoms with E-state index in [-0.39, 0.29) is 12.8 Å². The number of hydrogen-bond donors (Lipinski definition) is 8. The van der Waals surface area contributed by atoms with Crippen LogP contribution in [0.15, 0.2) is 24.3 Å². The van der Waals surface area contributed by atoms with Gasteiger partial charge in [-0.3, -0.25) is 4.79 Å². The normalized spacial score (nSPS) is 21.8. The summed E-state index contributed by atoms with van der Waals surface area (Å²) in [6, 6.07) is -1.19. The molecule has 1 rings (SSSR count). The van der Waals surface area contributed by atoms with Crippen LogP contribution in [0.4, 0.5) is 0 Å². The van der Waals surface area contributed by atoms with E-state index < -0.39 is 74.2 Å². The van der Waals surface area contributed by atoms with Gasteiger partial charge in [-0.25, -0.2) is 0 Å². The molecule has 354 valence electrons. The first-order valence-corrected chi connectivity index (χ1v) is 24.7. The zero-order valence-electron chi connectivity index (χ0n) is 38.2. The van der Waals surface area contributed by atoms with Crippen molar-refractivity contribution in [1.82, 2.24) is 5.32 Å². The van der Waals surface area contributed by atoms with E-state index >= 15 is 0 Å². The van der Waals surface area contributed by atoms with Gasteiger partial charge >= 0.3 is 0 Å². The highest BCUT2D eigenvalue weighted by atomic mass is 16.7. The molecule has 0 saturated carbocycles. The molecule has 1 aliphatic rings. The summed E-state index contributed by atoms with van der Waals surface area (Å²) in [5, 5.41) is 75.6. The van der Waals surface area contributed by atoms with Crippen LogP contribution in [0.1, 0.15) is 213 Å². The van der Waals surface area contributed by atoms with Gasteiger partial charge in [0.15, 0.2) is 6.29 Å². The summed E-state index contributed by atoms with van der Waals surface area (Å²) in [5.41, 5.74) is 0. The van der Waals surface area contributed by atoms with E-state index in [1.807, 2.05) is 0 Å². The smallest absolute Gasteiger partial charge is 0.249 e. The summed E-state index contributed by atoms with van der Waals surface area (Å²) in [4.78, 5) is 13.1. The van der Waals surface area contributed by atoms with Gasteiger partial charge in [0, 0.05) is 0 Å². The van der Waals surface area contributed by atoms with Gasteiger partial charge in [0.1, 0.15) is 36.6 Å². The number of carbonyl (C=O) groups is 1. The molecule has 0 aromatic heterocycles. The fraction of sp³-hybridized carbons (Fsp3) is 0.898. The second-order valence-corrected chi connectivity index (χ2v) is 17.5. The van der Waals surface area contributed by atoms with Crippen molar-refractivity contribution in [3.63, 3.8) is 0 Å². The maximum Gasteiger partial charge on any atom is 0.249 e. The third-order valence-corrected chi connectivity index (χ3v) is 12.0. The molecule has 0 aromatic rings. The Morgan fingerprint density at radius 2 is 1.00 bits per heavy atom. The Bertz CT molecular complexity index is 1030. The maximum atomic E-state index is 13.1. The van der Waals surface area contributed by atoms with Crippen LogP contribution in [0.25, 0.3) is 0 Å². The van der Waals surface area contributed by atoms with Crippen molar-refractivity contribution >= 4 is 5.91 Å². The monoisotopic (exact) mass is 856 g/mol. The van der Waals surface area contributed by atoms with Crippen molar-refractivity contribution < 1.29 is 50.0 Å². The molecule has 0 aliphatic carbocycles. The highest BCUT2D eigenvalue weighted by molar-refractivity contribution is 5.80. The van der Waals surface area contributed by atoms with E-state index in [9.17, 15) is 40.5 Å². The van der Waals surface area contributed by atoms with Crippen molar-refractivity contribution in [2.45, 2.75) is 268 Å². The largest absolute Gasteiger partial charge is 0.394 e. The number of aliphatic hydroxyl groups is 7. The summed E-state index contributed by atoms with van der Waals surface area (Å²) in [6.07, 6.45) is 32.4. The SMILES string of the molecule is CCCCCCCCCCCCCCC/C=C/CC/C=C/CCCC(O)C(O)C(COC1OC(CO)C(O)C(O)C1O)NC(=O)C(O)CCCCCCCCCCCCC. The highest BCUT2D eigenvalue weighted by Crippen LogP contribution is 2.23. The third kappa shape index (κ3) is 28.3. The average molecular weight is 856 g/mol. The van der Waals surface area contributed by atoms with E-state index in [1.165, 1.54) is 128 Å². The minimum absolute atomic E-state index is 0.248. The van der Waals surface area contributed by atoms with E-state index in [0.717, 1.165) is 38.5 Å². The second-order valence-electron chi connectivity index (χ2n) is 17.5. The van der Waals surface area contributed by atoms with Crippen LogP contribution in [-0.4, -0.2) is 110 Å². The van der Waals surface area contributed by atoms with Crippen molar-refractivity contribution in [2.24, 2.45) is 0 Å². The van der Waals surface area contributed by atoms with Gasteiger partial charge in [-0.05, 0) is 51.4 Å². The quantitative estimate of drug-likeness (QED) is 0.0218. The summed E-state index contributed by atoms with van der Waals surface area (Å²) in [5.74, 6) is -0.711. The molecular formula is C49H93NO10. The lowest BCUT2D eigenvalue weighted by Gasteiger charge is -2.40. The zero-order chi connectivity index (χ0) is 44.1. The number of ether oxygens (including phenoxy) is 2. The van der Waals surface area contributed by atoms with Crippen LogP contribution in [0, 0.1) is 0 Å². The van der Waals surface area contributed by atoms with Gasteiger partial charge in [-0.2, -0.15) is 0 Å². The molecule has 11 heteroatoms. The molecule has 0 aromatic carbocycles. The minimum atomic E-state index is -1.67.